The Balaban J connectivity index is 0.00000191. The first kappa shape index (κ1) is 19.7. The third kappa shape index (κ3) is 6.79. The van der Waals surface area contributed by atoms with Crippen molar-refractivity contribution in [2.75, 3.05) is 4.90 Å². The second kappa shape index (κ2) is 11.4. The van der Waals surface area contributed by atoms with Crippen LogP contribution in [-0.2, 0) is 4.79 Å². The Kier molecular flexibility index (Phi) is 10.7. The van der Waals surface area contributed by atoms with Gasteiger partial charge in [-0.1, -0.05) is 59.1 Å². The summed E-state index contributed by atoms with van der Waals surface area (Å²) in [6.07, 6.45) is 5.29. The first-order chi connectivity index (χ1) is 10.1. The van der Waals surface area contributed by atoms with Crippen molar-refractivity contribution in [3.05, 3.63) is 29.8 Å². The van der Waals surface area contributed by atoms with E-state index in [0.29, 0.717) is 6.42 Å². The lowest BCUT2D eigenvalue weighted by Crippen LogP contribution is -2.38. The minimum absolute atomic E-state index is 0.217. The monoisotopic (exact) mass is 291 g/mol. The zero-order chi connectivity index (χ0) is 16.3. The molecule has 1 aromatic rings. The van der Waals surface area contributed by atoms with Crippen molar-refractivity contribution in [3.8, 4) is 0 Å². The van der Waals surface area contributed by atoms with Gasteiger partial charge >= 0.3 is 0 Å². The van der Waals surface area contributed by atoms with Crippen LogP contribution in [0.15, 0.2) is 24.3 Å². The molecule has 0 aliphatic carbocycles. The summed E-state index contributed by atoms with van der Waals surface area (Å²) in [5.74, 6) is 0.217. The summed E-state index contributed by atoms with van der Waals surface area (Å²) in [7, 11) is 0. The highest BCUT2D eigenvalue weighted by Crippen LogP contribution is 2.22. The largest absolute Gasteiger partial charge is 0.310 e. The van der Waals surface area contributed by atoms with E-state index in [1.807, 2.05) is 37.8 Å². The first-order valence-electron chi connectivity index (χ1n) is 8.48. The molecule has 0 radical (unpaired) electrons. The molecule has 0 saturated carbocycles. The van der Waals surface area contributed by atoms with Crippen LogP contribution in [0.4, 0.5) is 5.69 Å². The van der Waals surface area contributed by atoms with Gasteiger partial charge in [0.2, 0.25) is 5.91 Å². The number of hydrogen-bond donors (Lipinski definition) is 0. The van der Waals surface area contributed by atoms with Crippen LogP contribution in [0, 0.1) is 6.92 Å². The number of carbonyl (C=O) groups excluding carboxylic acids is 1. The Morgan fingerprint density at radius 1 is 1.19 bits per heavy atom. The quantitative estimate of drug-likeness (QED) is 0.587. The van der Waals surface area contributed by atoms with Gasteiger partial charge in [0.15, 0.2) is 0 Å². The number of amides is 1. The molecule has 1 unspecified atom stereocenters. The zero-order valence-electron chi connectivity index (χ0n) is 14.8. The molecule has 2 nitrogen and oxygen atoms in total. The predicted molar refractivity (Wildman–Crippen MR) is 93.9 cm³/mol. The zero-order valence-corrected chi connectivity index (χ0v) is 14.8. The molecule has 1 atom stereocenters. The minimum Gasteiger partial charge on any atom is -0.310 e. The Morgan fingerprint density at radius 3 is 2.38 bits per heavy atom. The van der Waals surface area contributed by atoms with Gasteiger partial charge in [-0.2, -0.15) is 0 Å². The molecule has 0 heterocycles. The number of nitrogens with zero attached hydrogens (tertiary/aromatic N) is 1. The molecule has 1 aromatic carbocycles. The number of aryl methyl sites for hydroxylation is 1. The lowest BCUT2D eigenvalue weighted by atomic mass is 10.1. The predicted octanol–water partition coefficient (Wildman–Crippen LogP) is 5.73. The fraction of sp³-hybridized carbons (Fsp3) is 0.632. The second-order valence-electron chi connectivity index (χ2n) is 5.30. The Labute approximate surface area is 131 Å². The molecule has 1 amide bonds. The first-order valence-corrected chi connectivity index (χ1v) is 8.48. The van der Waals surface area contributed by atoms with E-state index in [4.69, 9.17) is 0 Å². The average molecular weight is 291 g/mol. The SMILES string of the molecule is CC.CCCCCC(C)N(C(=O)CC)c1cccc(C)c1. The van der Waals surface area contributed by atoms with Crippen molar-refractivity contribution >= 4 is 11.6 Å². The maximum Gasteiger partial charge on any atom is 0.226 e. The van der Waals surface area contributed by atoms with Crippen molar-refractivity contribution in [1.29, 1.82) is 0 Å². The lowest BCUT2D eigenvalue weighted by Gasteiger charge is -2.29. The summed E-state index contributed by atoms with van der Waals surface area (Å²) in [6.45, 7) is 12.4. The van der Waals surface area contributed by atoms with Crippen LogP contribution in [0.2, 0.25) is 0 Å². The van der Waals surface area contributed by atoms with E-state index in [1.54, 1.807) is 0 Å². The molecular formula is C19H33NO. The van der Waals surface area contributed by atoms with Gasteiger partial charge in [-0.05, 0) is 38.0 Å². The van der Waals surface area contributed by atoms with Crippen LogP contribution in [-0.4, -0.2) is 11.9 Å². The molecule has 0 saturated heterocycles. The fourth-order valence-electron chi connectivity index (χ4n) is 2.41. The summed E-state index contributed by atoms with van der Waals surface area (Å²) in [5.41, 5.74) is 2.24. The number of anilines is 1. The standard InChI is InChI=1S/C17H27NO.C2H6/c1-5-7-8-11-15(4)18(17(19)6-2)16-12-9-10-14(3)13-16;1-2/h9-10,12-13,15H,5-8,11H2,1-4H3;1-2H3. The van der Waals surface area contributed by atoms with Crippen molar-refractivity contribution < 1.29 is 4.79 Å². The van der Waals surface area contributed by atoms with Crippen molar-refractivity contribution in [2.45, 2.75) is 79.7 Å². The van der Waals surface area contributed by atoms with E-state index in [9.17, 15) is 4.79 Å². The molecule has 0 N–H and O–H groups in total. The Morgan fingerprint density at radius 2 is 1.86 bits per heavy atom. The van der Waals surface area contributed by atoms with Crippen LogP contribution < -0.4 is 4.90 Å². The second-order valence-corrected chi connectivity index (χ2v) is 5.30. The van der Waals surface area contributed by atoms with Gasteiger partial charge in [0.05, 0.1) is 0 Å². The van der Waals surface area contributed by atoms with Crippen LogP contribution >= 0.6 is 0 Å². The number of benzene rings is 1. The molecule has 0 aliphatic rings. The Hall–Kier alpha value is -1.31. The number of hydrogen-bond acceptors (Lipinski definition) is 1. The van der Waals surface area contributed by atoms with Crippen molar-refractivity contribution in [1.82, 2.24) is 0 Å². The van der Waals surface area contributed by atoms with E-state index in [-0.39, 0.29) is 11.9 Å². The van der Waals surface area contributed by atoms with E-state index >= 15 is 0 Å². The molecule has 21 heavy (non-hydrogen) atoms. The Bertz CT molecular complexity index is 400. The summed E-state index contributed by atoms with van der Waals surface area (Å²) >= 11 is 0. The molecule has 120 valence electrons. The van der Waals surface area contributed by atoms with Gasteiger partial charge in [-0.3, -0.25) is 4.79 Å². The molecule has 0 spiro atoms. The normalized spacial score (nSPS) is 11.3. The van der Waals surface area contributed by atoms with Crippen molar-refractivity contribution in [3.63, 3.8) is 0 Å². The van der Waals surface area contributed by atoms with E-state index in [1.165, 1.54) is 24.8 Å². The fourth-order valence-corrected chi connectivity index (χ4v) is 2.41. The third-order valence-electron chi connectivity index (χ3n) is 3.52. The van der Waals surface area contributed by atoms with E-state index < -0.39 is 0 Å². The molecule has 1 rings (SSSR count). The maximum absolute atomic E-state index is 12.2. The summed E-state index contributed by atoms with van der Waals surface area (Å²) < 4.78 is 0. The summed E-state index contributed by atoms with van der Waals surface area (Å²) in [6, 6.07) is 8.51. The molecule has 2 heteroatoms. The highest BCUT2D eigenvalue weighted by Gasteiger charge is 2.20. The molecule has 0 aromatic heterocycles. The smallest absolute Gasteiger partial charge is 0.226 e. The van der Waals surface area contributed by atoms with E-state index in [0.717, 1.165) is 12.1 Å². The lowest BCUT2D eigenvalue weighted by molar-refractivity contribution is -0.118. The van der Waals surface area contributed by atoms with Crippen LogP contribution in [0.25, 0.3) is 0 Å². The summed E-state index contributed by atoms with van der Waals surface area (Å²) in [5, 5.41) is 0. The van der Waals surface area contributed by atoms with Gasteiger partial charge in [0.1, 0.15) is 0 Å². The topological polar surface area (TPSA) is 20.3 Å². The number of unbranched alkanes of at least 4 members (excludes halogenated alkanes) is 2. The van der Waals surface area contributed by atoms with Crippen LogP contribution in [0.1, 0.15) is 72.3 Å². The van der Waals surface area contributed by atoms with Gasteiger partial charge < -0.3 is 4.90 Å². The molecule has 0 fully saturated rings. The average Bonchev–Trinajstić information content (AvgIpc) is 2.49. The third-order valence-corrected chi connectivity index (χ3v) is 3.52. The summed E-state index contributed by atoms with van der Waals surface area (Å²) in [4.78, 5) is 14.2. The minimum atomic E-state index is 0.217. The number of rotatable bonds is 7. The van der Waals surface area contributed by atoms with Gasteiger partial charge in [0.25, 0.3) is 0 Å². The molecule has 0 aliphatic heterocycles. The highest BCUT2D eigenvalue weighted by atomic mass is 16.2. The van der Waals surface area contributed by atoms with Gasteiger partial charge in [-0.15, -0.1) is 0 Å². The number of carbonyl (C=O) groups is 1. The van der Waals surface area contributed by atoms with Crippen molar-refractivity contribution in [2.24, 2.45) is 0 Å². The van der Waals surface area contributed by atoms with Gasteiger partial charge in [-0.25, -0.2) is 0 Å². The highest BCUT2D eigenvalue weighted by molar-refractivity contribution is 5.93. The maximum atomic E-state index is 12.2. The van der Waals surface area contributed by atoms with Crippen LogP contribution in [0.5, 0.6) is 0 Å². The van der Waals surface area contributed by atoms with Crippen LogP contribution in [0.3, 0.4) is 0 Å². The molecule has 0 bridgehead atoms. The van der Waals surface area contributed by atoms with E-state index in [2.05, 4.69) is 32.9 Å². The molecular weight excluding hydrogens is 258 g/mol. The van der Waals surface area contributed by atoms with Gasteiger partial charge in [0, 0.05) is 18.2 Å².